The van der Waals surface area contributed by atoms with Crippen LogP contribution in [-0.4, -0.2) is 9.97 Å². The van der Waals surface area contributed by atoms with E-state index < -0.39 is 12.3 Å². The number of aromatic nitrogens is 2. The van der Waals surface area contributed by atoms with Crippen LogP contribution in [0.15, 0.2) is 239 Å². The van der Waals surface area contributed by atoms with E-state index in [1.54, 1.807) is 12.1 Å². The molecule has 0 aliphatic carbocycles. The molecular weight excluding hydrogens is 829 g/mol. The highest BCUT2D eigenvalue weighted by atomic mass is 16.3. The summed E-state index contributed by atoms with van der Waals surface area (Å²) in [5.74, 6) is 0. The van der Waals surface area contributed by atoms with E-state index >= 15 is 0 Å². The van der Waals surface area contributed by atoms with Gasteiger partial charge in [0.15, 0.2) is 0 Å². The Labute approximate surface area is 402 Å². The minimum absolute atomic E-state index is 0.00693. The molecule has 0 aliphatic heterocycles. The lowest BCUT2D eigenvalue weighted by Crippen LogP contribution is -1.90. The lowest BCUT2D eigenvalue weighted by atomic mass is 9.91. The second-order valence-corrected chi connectivity index (χ2v) is 17.0. The monoisotopic (exact) mass is 874 g/mol. The first kappa shape index (κ1) is 30.9. The van der Waals surface area contributed by atoms with E-state index in [1.165, 1.54) is 0 Å². The van der Waals surface area contributed by atoms with E-state index in [2.05, 4.69) is 46.4 Å². The first-order chi connectivity index (χ1) is 37.0. The molecular formula is C64H38N2O2. The van der Waals surface area contributed by atoms with Gasteiger partial charge in [-0.25, -0.2) is 0 Å². The van der Waals surface area contributed by atoms with Crippen molar-refractivity contribution >= 4 is 76.5 Å². The van der Waals surface area contributed by atoms with Crippen molar-refractivity contribution in [1.29, 1.82) is 0 Å². The molecule has 4 nitrogen and oxygen atoms in total. The summed E-state index contributed by atoms with van der Waals surface area (Å²) in [4.78, 5) is 8.82. The molecule has 68 heavy (non-hydrogen) atoms. The molecule has 0 radical (unpaired) electrons. The molecule has 0 N–H and O–H groups in total. The van der Waals surface area contributed by atoms with Gasteiger partial charge in [0.25, 0.3) is 0 Å². The molecule has 316 valence electrons. The fourth-order valence-corrected chi connectivity index (χ4v) is 9.84. The van der Waals surface area contributed by atoms with Crippen molar-refractivity contribution in [1.82, 2.24) is 9.97 Å². The molecule has 0 saturated carbocycles. The average Bonchev–Trinajstić information content (AvgIpc) is 4.13. The number of nitrogens with zero attached hydrogens (tertiary/aromatic N) is 2. The van der Waals surface area contributed by atoms with Crippen molar-refractivity contribution in [3.63, 3.8) is 0 Å². The second-order valence-electron chi connectivity index (χ2n) is 17.0. The van der Waals surface area contributed by atoms with Crippen molar-refractivity contribution in [2.45, 2.75) is 0 Å². The van der Waals surface area contributed by atoms with Crippen LogP contribution in [0.4, 0.5) is 0 Å². The van der Waals surface area contributed by atoms with Crippen molar-refractivity contribution in [3.05, 3.63) is 231 Å². The molecule has 0 aliphatic rings. The molecule has 0 spiro atoms. The van der Waals surface area contributed by atoms with Gasteiger partial charge < -0.3 is 8.83 Å². The summed E-state index contributed by atoms with van der Waals surface area (Å²) >= 11 is 0. The molecule has 0 fully saturated rings. The van der Waals surface area contributed by atoms with Gasteiger partial charge in [0.1, 0.15) is 22.3 Å². The smallest absolute Gasteiger partial charge is 0.143 e. The Morgan fingerprint density at radius 1 is 0.294 bits per heavy atom. The highest BCUT2D eigenvalue weighted by molar-refractivity contribution is 6.24. The fraction of sp³-hybridized carbons (Fsp3) is 0. The number of para-hydroxylation sites is 4. The Hall–Kier alpha value is -9.12. The molecule has 14 aromatic rings. The van der Waals surface area contributed by atoms with Crippen molar-refractivity contribution < 1.29 is 19.8 Å². The second kappa shape index (κ2) is 15.2. The lowest BCUT2D eigenvalue weighted by molar-refractivity contribution is 0.669. The van der Waals surface area contributed by atoms with Gasteiger partial charge in [0.2, 0.25) is 0 Å². The van der Waals surface area contributed by atoms with Gasteiger partial charge in [-0.05, 0) is 115 Å². The van der Waals surface area contributed by atoms with Crippen LogP contribution in [0, 0.1) is 0 Å². The quantitative estimate of drug-likeness (QED) is 0.156. The largest absolute Gasteiger partial charge is 0.455 e. The molecule has 3 heterocycles. The minimum Gasteiger partial charge on any atom is -0.455 e. The molecule has 11 aromatic carbocycles. The molecule has 14 rings (SSSR count). The summed E-state index contributed by atoms with van der Waals surface area (Å²) in [6, 6.07) is 57.8. The predicted octanol–water partition coefficient (Wildman–Crippen LogP) is 17.7. The summed E-state index contributed by atoms with van der Waals surface area (Å²) in [6.07, 6.45) is -0.978. The van der Waals surface area contributed by atoms with Crippen LogP contribution in [0.1, 0.15) is 11.0 Å². The van der Waals surface area contributed by atoms with Crippen LogP contribution in [0.2, 0.25) is 0 Å². The summed E-state index contributed by atoms with van der Waals surface area (Å²) in [7, 11) is 0. The Balaban J connectivity index is 0.939. The minimum atomic E-state index is -0.489. The van der Waals surface area contributed by atoms with Gasteiger partial charge in [0, 0.05) is 55.8 Å². The predicted molar refractivity (Wildman–Crippen MR) is 282 cm³/mol. The first-order valence-electron chi connectivity index (χ1n) is 26.4. The van der Waals surface area contributed by atoms with Gasteiger partial charge in [-0.15, -0.1) is 0 Å². The van der Waals surface area contributed by atoms with E-state index in [4.69, 9.17) is 11.6 Å². The van der Waals surface area contributed by atoms with Gasteiger partial charge in [-0.3, -0.25) is 9.97 Å². The van der Waals surface area contributed by atoms with E-state index in [1.807, 2.05) is 133 Å². The maximum Gasteiger partial charge on any atom is 0.143 e. The average molecular weight is 875 g/mol. The van der Waals surface area contributed by atoms with Crippen molar-refractivity contribution in [3.8, 4) is 66.8 Å². The number of furan rings is 2. The number of benzene rings is 11. The Morgan fingerprint density at radius 2 is 0.647 bits per heavy atom. The molecule has 0 amide bonds. The molecule has 4 heteroatoms. The summed E-state index contributed by atoms with van der Waals surface area (Å²) in [5, 5.41) is 4.26. The van der Waals surface area contributed by atoms with Gasteiger partial charge in [-0.1, -0.05) is 170 Å². The number of hydrogen-bond donors (Lipinski definition) is 0. The Morgan fingerprint density at radius 3 is 1.09 bits per heavy atom. The Kier molecular flexibility index (Phi) is 6.92. The molecule has 0 unspecified atom stereocenters. The zero-order chi connectivity index (χ0) is 51.7. The third-order valence-corrected chi connectivity index (χ3v) is 13.1. The molecule has 0 saturated heterocycles. The van der Waals surface area contributed by atoms with Crippen LogP contribution in [0.5, 0.6) is 0 Å². The standard InChI is InChI=1S/C64H38N2O2/c1-3-25-59-51(19-1)55-23-9-21-49(63(55)67-59)47-17-7-15-43(35-47)39-11-5-13-41(33-39)45-27-29-53-57(37-45)58-38-46(28-30-54(58)62-61(53)65-31-32-66-62)42-14-6-12-40(34-42)44-16-8-18-48(36-44)50-22-10-24-56-52-20-2-4-26-60(52)68-64(50)56/h1-38H/i27D,28D,29D,30D,31D,32D,37D,38D. The van der Waals surface area contributed by atoms with Crippen molar-refractivity contribution in [2.24, 2.45) is 0 Å². The highest BCUT2D eigenvalue weighted by Gasteiger charge is 2.17. The highest BCUT2D eigenvalue weighted by Crippen LogP contribution is 2.42. The van der Waals surface area contributed by atoms with Crippen molar-refractivity contribution in [2.75, 3.05) is 0 Å². The van der Waals surface area contributed by atoms with E-state index in [0.717, 1.165) is 88.4 Å². The van der Waals surface area contributed by atoms with Gasteiger partial charge in [0.05, 0.1) is 22.0 Å². The summed E-state index contributed by atoms with van der Waals surface area (Å²) in [6.45, 7) is 0. The van der Waals surface area contributed by atoms with Crippen LogP contribution in [-0.2, 0) is 0 Å². The third-order valence-electron chi connectivity index (χ3n) is 13.1. The number of rotatable bonds is 6. The van der Waals surface area contributed by atoms with E-state index in [-0.39, 0.29) is 80.0 Å². The third kappa shape index (κ3) is 6.15. The fourth-order valence-electron chi connectivity index (χ4n) is 9.84. The SMILES string of the molecule is [2H]c1nc2c(nc1[2H])c1c([2H])c([2H])c(-c3cccc(-c4cccc(-c5cccc6c5oc5ccccc56)c4)c3)c([2H])c1c1c([2H])c(-c3cccc(-c4cccc(-c5cccc6c5oc5ccccc56)c4)c3)c([2H])c([2H])c21. The normalized spacial score (nSPS) is 13.5. The number of hydrogen-bond acceptors (Lipinski definition) is 4. The maximum atomic E-state index is 10.1. The van der Waals surface area contributed by atoms with Gasteiger partial charge >= 0.3 is 0 Å². The zero-order valence-electron chi connectivity index (χ0n) is 44.0. The summed E-state index contributed by atoms with van der Waals surface area (Å²) in [5.41, 5.74) is 11.4. The van der Waals surface area contributed by atoms with Crippen LogP contribution in [0.25, 0.3) is 143 Å². The zero-order valence-corrected chi connectivity index (χ0v) is 36.0. The van der Waals surface area contributed by atoms with E-state index in [9.17, 15) is 8.22 Å². The van der Waals surface area contributed by atoms with E-state index in [0.29, 0.717) is 11.1 Å². The van der Waals surface area contributed by atoms with Crippen LogP contribution < -0.4 is 0 Å². The van der Waals surface area contributed by atoms with Gasteiger partial charge in [-0.2, -0.15) is 0 Å². The lowest BCUT2D eigenvalue weighted by Gasteiger charge is -2.14. The molecule has 0 bridgehead atoms. The number of fused-ring (bicyclic) bond motifs is 12. The summed E-state index contributed by atoms with van der Waals surface area (Å²) < 4.78 is 88.4. The topological polar surface area (TPSA) is 52.1 Å². The molecule has 0 atom stereocenters. The van der Waals surface area contributed by atoms with Crippen LogP contribution in [0.3, 0.4) is 0 Å². The van der Waals surface area contributed by atoms with Crippen LogP contribution >= 0.6 is 0 Å². The Bertz CT molecular complexity index is 4530. The maximum absolute atomic E-state index is 10.1. The molecule has 3 aromatic heterocycles. The first-order valence-corrected chi connectivity index (χ1v) is 22.4.